The Morgan fingerprint density at radius 2 is 2.18 bits per heavy atom. The minimum absolute atomic E-state index is 0.420. The van der Waals surface area contributed by atoms with Gasteiger partial charge in [0.25, 0.3) is 0 Å². The summed E-state index contributed by atoms with van der Waals surface area (Å²) < 4.78 is 0. The van der Waals surface area contributed by atoms with Gasteiger partial charge in [0.2, 0.25) is 0 Å². The quantitative estimate of drug-likeness (QED) is 0.873. The lowest BCUT2D eigenvalue weighted by Crippen LogP contribution is -2.21. The van der Waals surface area contributed by atoms with E-state index in [-0.39, 0.29) is 0 Å². The number of carbonyl (C=O) groups is 1. The molecule has 0 saturated carbocycles. The highest BCUT2D eigenvalue weighted by atomic mass is 32.1. The first-order chi connectivity index (χ1) is 8.20. The van der Waals surface area contributed by atoms with Crippen LogP contribution >= 0.6 is 11.3 Å². The molecule has 1 aromatic rings. The van der Waals surface area contributed by atoms with Crippen molar-refractivity contribution in [3.05, 3.63) is 15.6 Å². The zero-order valence-corrected chi connectivity index (χ0v) is 10.9. The summed E-state index contributed by atoms with van der Waals surface area (Å²) in [5, 5.41) is 10.0. The van der Waals surface area contributed by atoms with Gasteiger partial charge in [0, 0.05) is 13.0 Å². The molecule has 1 aliphatic heterocycles. The average Bonchev–Trinajstić information content (AvgIpc) is 2.95. The van der Waals surface area contributed by atoms with Gasteiger partial charge in [0.15, 0.2) is 0 Å². The molecule has 0 radical (unpaired) electrons. The van der Waals surface area contributed by atoms with Crippen molar-refractivity contribution in [2.45, 2.75) is 32.6 Å². The molecule has 0 bridgehead atoms. The number of likely N-dealkylation sites (tertiary alicyclic amines) is 1. The zero-order valence-electron chi connectivity index (χ0n) is 10.1. The Bertz CT molecular complexity index is 397. The number of rotatable bonds is 5. The predicted octanol–water partition coefficient (Wildman–Crippen LogP) is 2.04. The highest BCUT2D eigenvalue weighted by molar-refractivity contribution is 7.13. The first-order valence-electron chi connectivity index (χ1n) is 6.15. The molecule has 5 heteroatoms. The van der Waals surface area contributed by atoms with Crippen LogP contribution in [0.5, 0.6) is 0 Å². The molecule has 2 rings (SSSR count). The third-order valence-corrected chi connectivity index (χ3v) is 4.26. The van der Waals surface area contributed by atoms with Crippen molar-refractivity contribution in [3.63, 3.8) is 0 Å². The Kier molecular flexibility index (Phi) is 4.12. The van der Waals surface area contributed by atoms with Crippen LogP contribution in [0.2, 0.25) is 0 Å². The van der Waals surface area contributed by atoms with Gasteiger partial charge in [-0.2, -0.15) is 0 Å². The van der Waals surface area contributed by atoms with Crippen molar-refractivity contribution in [3.8, 4) is 0 Å². The number of thiazole rings is 1. The Balaban J connectivity index is 1.98. The third kappa shape index (κ3) is 3.04. The molecule has 0 amide bonds. The standard InChI is InChI=1S/C12H18N2O2S/c1-2-9-11(12(15)16)17-10(13-9)5-8-14-6-3-4-7-14/h2-8H2,1H3,(H,15,16). The average molecular weight is 254 g/mol. The van der Waals surface area contributed by atoms with Crippen LogP contribution in [0.15, 0.2) is 0 Å². The number of hydrogen-bond donors (Lipinski definition) is 1. The molecule has 1 aliphatic rings. The molecule has 1 N–H and O–H groups in total. The lowest BCUT2D eigenvalue weighted by molar-refractivity contribution is 0.0701. The molecule has 0 spiro atoms. The van der Waals surface area contributed by atoms with Crippen molar-refractivity contribution >= 4 is 17.3 Å². The number of aromatic nitrogens is 1. The van der Waals surface area contributed by atoms with E-state index in [0.29, 0.717) is 11.3 Å². The Hall–Kier alpha value is -0.940. The summed E-state index contributed by atoms with van der Waals surface area (Å²) in [6, 6.07) is 0. The molecule has 0 atom stereocenters. The lowest BCUT2D eigenvalue weighted by atomic mass is 10.3. The molecular formula is C12H18N2O2S. The molecule has 4 nitrogen and oxygen atoms in total. The van der Waals surface area contributed by atoms with Gasteiger partial charge in [-0.25, -0.2) is 9.78 Å². The van der Waals surface area contributed by atoms with Gasteiger partial charge in [-0.05, 0) is 32.4 Å². The van der Waals surface area contributed by atoms with Crippen LogP contribution in [0.3, 0.4) is 0 Å². The number of carboxylic acid groups (broad SMARTS) is 1. The maximum atomic E-state index is 11.0. The topological polar surface area (TPSA) is 53.4 Å². The van der Waals surface area contributed by atoms with Crippen LogP contribution in [0, 0.1) is 0 Å². The number of aromatic carboxylic acids is 1. The van der Waals surface area contributed by atoms with Gasteiger partial charge < -0.3 is 10.0 Å². The van der Waals surface area contributed by atoms with E-state index >= 15 is 0 Å². The van der Waals surface area contributed by atoms with Crippen molar-refractivity contribution < 1.29 is 9.90 Å². The van der Waals surface area contributed by atoms with Gasteiger partial charge in [-0.1, -0.05) is 6.92 Å². The molecule has 0 unspecified atom stereocenters. The summed E-state index contributed by atoms with van der Waals surface area (Å²) in [7, 11) is 0. The molecule has 2 heterocycles. The fourth-order valence-corrected chi connectivity index (χ4v) is 3.15. The van der Waals surface area contributed by atoms with Crippen LogP contribution in [-0.4, -0.2) is 40.6 Å². The second kappa shape index (κ2) is 5.60. The minimum Gasteiger partial charge on any atom is -0.477 e. The van der Waals surface area contributed by atoms with E-state index in [1.807, 2.05) is 6.92 Å². The molecule has 0 aromatic carbocycles. The normalized spacial score (nSPS) is 16.5. The first-order valence-corrected chi connectivity index (χ1v) is 6.96. The second-order valence-corrected chi connectivity index (χ2v) is 5.42. The fraction of sp³-hybridized carbons (Fsp3) is 0.667. The van der Waals surface area contributed by atoms with E-state index in [9.17, 15) is 4.79 Å². The van der Waals surface area contributed by atoms with Crippen molar-refractivity contribution in [2.75, 3.05) is 19.6 Å². The van der Waals surface area contributed by atoms with Crippen LogP contribution in [0.4, 0.5) is 0 Å². The number of carboxylic acids is 1. The molecule has 0 aliphatic carbocycles. The molecule has 1 fully saturated rings. The number of hydrogen-bond acceptors (Lipinski definition) is 4. The highest BCUT2D eigenvalue weighted by Crippen LogP contribution is 2.20. The summed E-state index contributed by atoms with van der Waals surface area (Å²) in [6.45, 7) is 5.32. The van der Waals surface area contributed by atoms with E-state index in [4.69, 9.17) is 5.11 Å². The second-order valence-electron chi connectivity index (χ2n) is 4.34. The van der Waals surface area contributed by atoms with E-state index in [1.165, 1.54) is 37.3 Å². The van der Waals surface area contributed by atoms with Gasteiger partial charge >= 0.3 is 5.97 Å². The molecule has 17 heavy (non-hydrogen) atoms. The van der Waals surface area contributed by atoms with Crippen molar-refractivity contribution in [2.24, 2.45) is 0 Å². The third-order valence-electron chi connectivity index (χ3n) is 3.11. The Morgan fingerprint density at radius 1 is 1.47 bits per heavy atom. The van der Waals surface area contributed by atoms with Crippen LogP contribution in [0.1, 0.15) is 40.1 Å². The van der Waals surface area contributed by atoms with E-state index in [2.05, 4.69) is 9.88 Å². The predicted molar refractivity (Wildman–Crippen MR) is 67.8 cm³/mol. The van der Waals surface area contributed by atoms with Gasteiger partial charge in [0.05, 0.1) is 10.7 Å². The summed E-state index contributed by atoms with van der Waals surface area (Å²) >= 11 is 1.34. The van der Waals surface area contributed by atoms with E-state index < -0.39 is 5.97 Å². The molecule has 1 aromatic heterocycles. The highest BCUT2D eigenvalue weighted by Gasteiger charge is 2.17. The first kappa shape index (κ1) is 12.5. The zero-order chi connectivity index (χ0) is 12.3. The van der Waals surface area contributed by atoms with Crippen molar-refractivity contribution in [1.82, 2.24) is 9.88 Å². The fourth-order valence-electron chi connectivity index (χ4n) is 2.17. The largest absolute Gasteiger partial charge is 0.477 e. The van der Waals surface area contributed by atoms with Crippen LogP contribution < -0.4 is 0 Å². The maximum Gasteiger partial charge on any atom is 0.347 e. The summed E-state index contributed by atoms with van der Waals surface area (Å²) in [5.74, 6) is -0.841. The smallest absolute Gasteiger partial charge is 0.347 e. The minimum atomic E-state index is -0.841. The monoisotopic (exact) mass is 254 g/mol. The summed E-state index contributed by atoms with van der Waals surface area (Å²) in [4.78, 5) is 18.3. The van der Waals surface area contributed by atoms with E-state index in [1.54, 1.807) is 0 Å². The van der Waals surface area contributed by atoms with Gasteiger partial charge in [-0.15, -0.1) is 11.3 Å². The van der Waals surface area contributed by atoms with Crippen molar-refractivity contribution in [1.29, 1.82) is 0 Å². The lowest BCUT2D eigenvalue weighted by Gasteiger charge is -2.12. The van der Waals surface area contributed by atoms with Crippen LogP contribution in [0.25, 0.3) is 0 Å². The summed E-state index contributed by atoms with van der Waals surface area (Å²) in [5.41, 5.74) is 0.735. The number of aryl methyl sites for hydroxylation is 1. The van der Waals surface area contributed by atoms with Crippen LogP contribution in [-0.2, 0) is 12.8 Å². The van der Waals surface area contributed by atoms with Gasteiger partial charge in [-0.3, -0.25) is 0 Å². The van der Waals surface area contributed by atoms with E-state index in [0.717, 1.165) is 23.7 Å². The SMILES string of the molecule is CCc1nc(CCN2CCCC2)sc1C(=O)O. The number of nitrogens with zero attached hydrogens (tertiary/aromatic N) is 2. The molecular weight excluding hydrogens is 236 g/mol. The van der Waals surface area contributed by atoms with Gasteiger partial charge in [0.1, 0.15) is 4.88 Å². The molecule has 94 valence electrons. The molecule has 1 saturated heterocycles. The summed E-state index contributed by atoms with van der Waals surface area (Å²) in [6.07, 6.45) is 4.16. The Labute approximate surface area is 105 Å². The maximum absolute atomic E-state index is 11.0. The Morgan fingerprint density at radius 3 is 2.71 bits per heavy atom.